The van der Waals surface area contributed by atoms with Gasteiger partial charge in [-0.15, -0.1) is 5.10 Å². The van der Waals surface area contributed by atoms with Crippen LogP contribution in [0.25, 0.3) is 17.1 Å². The monoisotopic (exact) mass is 339 g/mol. The molecule has 1 heterocycles. The summed E-state index contributed by atoms with van der Waals surface area (Å²) in [4.78, 5) is 16.1. The maximum Gasteiger partial charge on any atom is 0.316 e. The number of hydrogen-bond acceptors (Lipinski definition) is 5. The summed E-state index contributed by atoms with van der Waals surface area (Å²) in [7, 11) is 0. The summed E-state index contributed by atoms with van der Waals surface area (Å²) < 4.78 is 6.74. The van der Waals surface area contributed by atoms with Gasteiger partial charge in [-0.3, -0.25) is 4.79 Å². The standard InChI is InChI=1S/C18H17N3O2S/c1-2-23-16(22)13-24-18-19-17(14-9-5-3-6-10-14)21(20-18)15-11-7-4-8-12-15/h3-12H,2,13H2,1H3. The van der Waals surface area contributed by atoms with Crippen molar-refractivity contribution >= 4 is 17.7 Å². The SMILES string of the molecule is CCOC(=O)CSc1nc(-c2ccccc2)n(-c2ccccc2)n1. The molecule has 0 fully saturated rings. The number of nitrogens with zero attached hydrogens (tertiary/aromatic N) is 3. The maximum atomic E-state index is 11.5. The molecule has 1 aromatic heterocycles. The molecule has 0 bridgehead atoms. The van der Waals surface area contributed by atoms with Gasteiger partial charge in [0.2, 0.25) is 5.16 Å². The van der Waals surface area contributed by atoms with Crippen molar-refractivity contribution in [2.75, 3.05) is 12.4 Å². The first-order valence-electron chi connectivity index (χ1n) is 7.64. The Balaban J connectivity index is 1.93. The Hall–Kier alpha value is -2.60. The molecule has 0 spiro atoms. The molecule has 0 N–H and O–H groups in total. The Kier molecular flexibility index (Phi) is 5.28. The summed E-state index contributed by atoms with van der Waals surface area (Å²) in [6.45, 7) is 2.17. The van der Waals surface area contributed by atoms with Crippen molar-refractivity contribution in [2.24, 2.45) is 0 Å². The Morgan fingerprint density at radius 3 is 2.42 bits per heavy atom. The molecule has 6 heteroatoms. The van der Waals surface area contributed by atoms with Crippen molar-refractivity contribution in [3.05, 3.63) is 60.7 Å². The highest BCUT2D eigenvalue weighted by Gasteiger charge is 2.15. The fourth-order valence-corrected chi connectivity index (χ4v) is 2.82. The molecule has 3 aromatic rings. The van der Waals surface area contributed by atoms with Crippen LogP contribution in [-0.4, -0.2) is 33.1 Å². The van der Waals surface area contributed by atoms with Crippen molar-refractivity contribution in [1.82, 2.24) is 14.8 Å². The minimum Gasteiger partial charge on any atom is -0.465 e. The van der Waals surface area contributed by atoms with Crippen LogP contribution in [0.2, 0.25) is 0 Å². The van der Waals surface area contributed by atoms with E-state index in [1.807, 2.05) is 60.7 Å². The number of esters is 1. The maximum absolute atomic E-state index is 11.5. The van der Waals surface area contributed by atoms with Crippen LogP contribution >= 0.6 is 11.8 Å². The topological polar surface area (TPSA) is 57.0 Å². The molecule has 0 saturated heterocycles. The first-order chi connectivity index (χ1) is 11.8. The molecule has 0 radical (unpaired) electrons. The number of ether oxygens (including phenoxy) is 1. The van der Waals surface area contributed by atoms with E-state index in [1.165, 1.54) is 11.8 Å². The van der Waals surface area contributed by atoms with E-state index < -0.39 is 0 Å². The number of carbonyl (C=O) groups is 1. The molecule has 24 heavy (non-hydrogen) atoms. The minimum absolute atomic E-state index is 0.195. The van der Waals surface area contributed by atoms with Gasteiger partial charge < -0.3 is 4.74 Å². The van der Waals surface area contributed by atoms with Gasteiger partial charge in [0.15, 0.2) is 5.82 Å². The average molecular weight is 339 g/mol. The predicted octanol–water partition coefficient (Wildman–Crippen LogP) is 3.59. The fourth-order valence-electron chi connectivity index (χ4n) is 2.20. The molecule has 122 valence electrons. The quantitative estimate of drug-likeness (QED) is 0.507. The van der Waals surface area contributed by atoms with Crippen LogP contribution in [0, 0.1) is 0 Å². The predicted molar refractivity (Wildman–Crippen MR) is 94.2 cm³/mol. The lowest BCUT2D eigenvalue weighted by atomic mass is 10.2. The van der Waals surface area contributed by atoms with E-state index in [0.717, 1.165) is 17.1 Å². The molecule has 0 aliphatic carbocycles. The molecule has 0 aliphatic rings. The fraction of sp³-hybridized carbons (Fsp3) is 0.167. The zero-order valence-electron chi connectivity index (χ0n) is 13.3. The summed E-state index contributed by atoms with van der Waals surface area (Å²) in [5, 5.41) is 5.10. The van der Waals surface area contributed by atoms with E-state index in [0.29, 0.717) is 11.8 Å². The van der Waals surface area contributed by atoms with Crippen molar-refractivity contribution in [3.63, 3.8) is 0 Å². The van der Waals surface area contributed by atoms with Crippen LogP contribution in [0.5, 0.6) is 0 Å². The summed E-state index contributed by atoms with van der Waals surface area (Å²) in [6, 6.07) is 19.7. The lowest BCUT2D eigenvalue weighted by Gasteiger charge is -2.05. The molecule has 0 aliphatic heterocycles. The van der Waals surface area contributed by atoms with Gasteiger partial charge in [-0.2, -0.15) is 0 Å². The van der Waals surface area contributed by atoms with Gasteiger partial charge in [-0.05, 0) is 19.1 Å². The van der Waals surface area contributed by atoms with Gasteiger partial charge in [-0.25, -0.2) is 9.67 Å². The van der Waals surface area contributed by atoms with Gasteiger partial charge in [0, 0.05) is 5.56 Å². The second kappa shape index (κ2) is 7.79. The molecular weight excluding hydrogens is 322 g/mol. The molecule has 3 rings (SSSR count). The number of para-hydroxylation sites is 1. The second-order valence-electron chi connectivity index (χ2n) is 4.93. The molecule has 0 saturated carbocycles. The molecule has 0 unspecified atom stereocenters. The Morgan fingerprint density at radius 2 is 1.75 bits per heavy atom. The second-order valence-corrected chi connectivity index (χ2v) is 5.87. The van der Waals surface area contributed by atoms with Crippen molar-refractivity contribution in [3.8, 4) is 17.1 Å². The van der Waals surface area contributed by atoms with Gasteiger partial charge in [0.1, 0.15) is 0 Å². The van der Waals surface area contributed by atoms with Crippen LogP contribution in [0.3, 0.4) is 0 Å². The molecule has 5 nitrogen and oxygen atoms in total. The number of benzene rings is 2. The summed E-state index contributed by atoms with van der Waals surface area (Å²) in [5.41, 5.74) is 1.89. The first kappa shape index (κ1) is 16.3. The van der Waals surface area contributed by atoms with E-state index in [1.54, 1.807) is 11.6 Å². The van der Waals surface area contributed by atoms with Gasteiger partial charge in [-0.1, -0.05) is 60.3 Å². The van der Waals surface area contributed by atoms with E-state index in [9.17, 15) is 4.79 Å². The largest absolute Gasteiger partial charge is 0.465 e. The summed E-state index contributed by atoms with van der Waals surface area (Å²) in [5.74, 6) is 0.675. The Labute approximate surface area is 144 Å². The highest BCUT2D eigenvalue weighted by Crippen LogP contribution is 2.24. The third-order valence-electron chi connectivity index (χ3n) is 3.24. The number of aromatic nitrogens is 3. The van der Waals surface area contributed by atoms with Gasteiger partial charge in [0.25, 0.3) is 0 Å². The number of thioether (sulfide) groups is 1. The highest BCUT2D eigenvalue weighted by molar-refractivity contribution is 7.99. The van der Waals surface area contributed by atoms with Crippen LogP contribution in [0.1, 0.15) is 6.92 Å². The third kappa shape index (κ3) is 3.83. The zero-order valence-corrected chi connectivity index (χ0v) is 14.1. The molecule has 0 amide bonds. The van der Waals surface area contributed by atoms with Crippen molar-refractivity contribution < 1.29 is 9.53 Å². The van der Waals surface area contributed by atoms with Crippen molar-refractivity contribution in [1.29, 1.82) is 0 Å². The highest BCUT2D eigenvalue weighted by atomic mass is 32.2. The van der Waals surface area contributed by atoms with E-state index >= 15 is 0 Å². The summed E-state index contributed by atoms with van der Waals surface area (Å²) in [6.07, 6.45) is 0. The van der Waals surface area contributed by atoms with E-state index in [4.69, 9.17) is 4.74 Å². The smallest absolute Gasteiger partial charge is 0.316 e. The van der Waals surface area contributed by atoms with E-state index in [2.05, 4.69) is 10.1 Å². The van der Waals surface area contributed by atoms with Crippen molar-refractivity contribution in [2.45, 2.75) is 12.1 Å². The Bertz CT molecular complexity index is 747. The normalized spacial score (nSPS) is 10.5. The lowest BCUT2D eigenvalue weighted by molar-refractivity contribution is -0.139. The van der Waals surface area contributed by atoms with E-state index in [-0.39, 0.29) is 11.7 Å². The van der Waals surface area contributed by atoms with Crippen LogP contribution in [0.15, 0.2) is 65.8 Å². The van der Waals surface area contributed by atoms with Crippen LogP contribution in [0.4, 0.5) is 0 Å². The zero-order chi connectivity index (χ0) is 16.8. The molecule has 0 atom stereocenters. The molecular formula is C18H17N3O2S. The van der Waals surface area contributed by atoms with Crippen LogP contribution in [-0.2, 0) is 9.53 Å². The minimum atomic E-state index is -0.264. The molecule has 2 aromatic carbocycles. The van der Waals surface area contributed by atoms with Gasteiger partial charge >= 0.3 is 5.97 Å². The lowest BCUT2D eigenvalue weighted by Crippen LogP contribution is -2.06. The first-order valence-corrected chi connectivity index (χ1v) is 8.63. The third-order valence-corrected chi connectivity index (χ3v) is 4.06. The van der Waals surface area contributed by atoms with Crippen LogP contribution < -0.4 is 0 Å². The Morgan fingerprint density at radius 1 is 1.08 bits per heavy atom. The number of carbonyl (C=O) groups excluding carboxylic acids is 1. The van der Waals surface area contributed by atoms with Gasteiger partial charge in [0.05, 0.1) is 18.0 Å². The average Bonchev–Trinajstić information content (AvgIpc) is 3.06. The number of rotatable bonds is 6. The number of hydrogen-bond donors (Lipinski definition) is 0. The summed E-state index contributed by atoms with van der Waals surface area (Å²) >= 11 is 1.28.